The standard InChI is InChI=1S/C26H22BrFN4O4S2/c1-4-36-26(35)20-14(2)21(23(34)31-18-11-7-16(28)8-12-18)38-25(20)32-24(37-3)19(13-29)22(33)30-17-9-5-15(27)6-10-17/h5-12,32H,4H2,1-3H3,(H,30,33)(H,31,34)/b24-19+. The molecule has 0 atom stereocenters. The van der Waals surface area contributed by atoms with E-state index in [-0.39, 0.29) is 32.7 Å². The predicted molar refractivity (Wildman–Crippen MR) is 152 cm³/mol. The fraction of sp³-hybridized carbons (Fsp3) is 0.154. The molecule has 0 saturated heterocycles. The normalized spacial score (nSPS) is 11.2. The van der Waals surface area contributed by atoms with Gasteiger partial charge in [0.25, 0.3) is 11.8 Å². The molecule has 8 nitrogen and oxygen atoms in total. The number of benzene rings is 2. The topological polar surface area (TPSA) is 120 Å². The molecule has 0 bridgehead atoms. The van der Waals surface area contributed by atoms with Gasteiger partial charge in [-0.1, -0.05) is 15.9 Å². The van der Waals surface area contributed by atoms with Crippen molar-refractivity contribution >= 4 is 73.2 Å². The van der Waals surface area contributed by atoms with E-state index < -0.39 is 23.6 Å². The van der Waals surface area contributed by atoms with Crippen molar-refractivity contribution in [3.8, 4) is 6.07 Å². The van der Waals surface area contributed by atoms with Crippen LogP contribution in [0.4, 0.5) is 20.8 Å². The van der Waals surface area contributed by atoms with Crippen LogP contribution in [0.3, 0.4) is 0 Å². The number of thioether (sulfide) groups is 1. The molecule has 2 amide bonds. The number of rotatable bonds is 9. The number of halogens is 2. The summed E-state index contributed by atoms with van der Waals surface area (Å²) in [5.41, 5.74) is 1.12. The Bertz CT molecular complexity index is 1430. The Balaban J connectivity index is 1.98. The molecule has 0 aliphatic carbocycles. The van der Waals surface area contributed by atoms with Crippen molar-refractivity contribution in [2.24, 2.45) is 0 Å². The fourth-order valence-electron chi connectivity index (χ4n) is 3.24. The summed E-state index contributed by atoms with van der Waals surface area (Å²) in [6.07, 6.45) is 1.67. The van der Waals surface area contributed by atoms with Gasteiger partial charge in [-0.25, -0.2) is 9.18 Å². The monoisotopic (exact) mass is 616 g/mol. The number of nitriles is 1. The summed E-state index contributed by atoms with van der Waals surface area (Å²) < 4.78 is 19.3. The number of nitrogens with one attached hydrogen (secondary N) is 3. The van der Waals surface area contributed by atoms with Crippen LogP contribution < -0.4 is 16.0 Å². The number of anilines is 3. The summed E-state index contributed by atoms with van der Waals surface area (Å²) in [7, 11) is 0. The maximum atomic E-state index is 13.2. The van der Waals surface area contributed by atoms with Gasteiger partial charge in [-0.05, 0) is 74.2 Å². The lowest BCUT2D eigenvalue weighted by molar-refractivity contribution is -0.112. The quantitative estimate of drug-likeness (QED) is 0.142. The number of nitrogens with zero attached hydrogens (tertiary/aromatic N) is 1. The number of amides is 2. The third-order valence-electron chi connectivity index (χ3n) is 5.03. The van der Waals surface area contributed by atoms with Crippen LogP contribution in [-0.2, 0) is 9.53 Å². The molecule has 196 valence electrons. The SMILES string of the molecule is CCOC(=O)c1c(N/C(SC)=C(/C#N)C(=O)Nc2ccc(Br)cc2)sc(C(=O)Nc2ccc(F)cc2)c1C. The largest absolute Gasteiger partial charge is 0.462 e. The van der Waals surface area contributed by atoms with Crippen LogP contribution in [0.5, 0.6) is 0 Å². The molecule has 3 rings (SSSR count). The van der Waals surface area contributed by atoms with Crippen LogP contribution in [0.2, 0.25) is 0 Å². The van der Waals surface area contributed by atoms with E-state index in [9.17, 15) is 24.0 Å². The second-order valence-electron chi connectivity index (χ2n) is 7.55. The number of esters is 1. The number of thiophene rings is 1. The molecule has 38 heavy (non-hydrogen) atoms. The third kappa shape index (κ3) is 7.00. The first-order valence-corrected chi connectivity index (χ1v) is 13.9. The summed E-state index contributed by atoms with van der Waals surface area (Å²) in [5, 5.41) is 18.5. The summed E-state index contributed by atoms with van der Waals surface area (Å²) in [4.78, 5) is 39.0. The predicted octanol–water partition coefficient (Wildman–Crippen LogP) is 6.54. The summed E-state index contributed by atoms with van der Waals surface area (Å²) in [6, 6.07) is 14.0. The fourth-order valence-corrected chi connectivity index (χ4v) is 5.21. The van der Waals surface area contributed by atoms with Gasteiger partial charge >= 0.3 is 5.97 Å². The first-order chi connectivity index (χ1) is 18.2. The molecule has 1 heterocycles. The van der Waals surface area contributed by atoms with Crippen molar-refractivity contribution in [3.63, 3.8) is 0 Å². The van der Waals surface area contributed by atoms with Crippen LogP contribution in [-0.4, -0.2) is 30.6 Å². The van der Waals surface area contributed by atoms with Crippen LogP contribution in [0.25, 0.3) is 0 Å². The molecule has 3 N–H and O–H groups in total. The van der Waals surface area contributed by atoms with Gasteiger partial charge in [-0.2, -0.15) is 5.26 Å². The maximum absolute atomic E-state index is 13.2. The van der Waals surface area contributed by atoms with Crippen LogP contribution in [0.1, 0.15) is 32.5 Å². The van der Waals surface area contributed by atoms with E-state index in [1.807, 2.05) is 6.07 Å². The summed E-state index contributed by atoms with van der Waals surface area (Å²) in [5.74, 6) is -2.27. The molecule has 0 aliphatic rings. The zero-order valence-electron chi connectivity index (χ0n) is 20.5. The van der Waals surface area contributed by atoms with Gasteiger partial charge in [0.2, 0.25) is 0 Å². The molecule has 2 aromatic carbocycles. The highest BCUT2D eigenvalue weighted by Gasteiger charge is 2.27. The Morgan fingerprint density at radius 3 is 2.24 bits per heavy atom. The number of carbonyl (C=O) groups excluding carboxylic acids is 3. The maximum Gasteiger partial charge on any atom is 0.341 e. The zero-order chi connectivity index (χ0) is 27.8. The summed E-state index contributed by atoms with van der Waals surface area (Å²) in [6.45, 7) is 3.36. The molecule has 0 fully saturated rings. The van der Waals surface area contributed by atoms with E-state index in [1.54, 1.807) is 44.4 Å². The highest BCUT2D eigenvalue weighted by Crippen LogP contribution is 2.37. The smallest absolute Gasteiger partial charge is 0.341 e. The molecular weight excluding hydrogens is 595 g/mol. The minimum atomic E-state index is -0.664. The van der Waals surface area contributed by atoms with Crippen LogP contribution in [0.15, 0.2) is 63.6 Å². The average Bonchev–Trinajstić information content (AvgIpc) is 3.22. The van der Waals surface area contributed by atoms with Crippen LogP contribution in [0, 0.1) is 24.1 Å². The number of hydrogen-bond donors (Lipinski definition) is 3. The molecule has 1 aromatic heterocycles. The Morgan fingerprint density at radius 1 is 1.05 bits per heavy atom. The molecule has 0 spiro atoms. The Hall–Kier alpha value is -3.66. The van der Waals surface area contributed by atoms with Crippen molar-refractivity contribution in [1.29, 1.82) is 5.26 Å². The molecule has 3 aromatic rings. The Morgan fingerprint density at radius 2 is 1.66 bits per heavy atom. The van der Waals surface area contributed by atoms with E-state index in [2.05, 4.69) is 31.9 Å². The van der Waals surface area contributed by atoms with Gasteiger partial charge in [0.05, 0.1) is 22.1 Å². The molecule has 12 heteroatoms. The first kappa shape index (κ1) is 28.9. The van der Waals surface area contributed by atoms with Gasteiger partial charge < -0.3 is 20.7 Å². The molecule has 0 aliphatic heterocycles. The summed E-state index contributed by atoms with van der Waals surface area (Å²) >= 11 is 5.39. The van der Waals surface area contributed by atoms with E-state index in [1.165, 1.54) is 24.3 Å². The lowest BCUT2D eigenvalue weighted by atomic mass is 10.1. The van der Waals surface area contributed by atoms with E-state index in [0.29, 0.717) is 16.9 Å². The van der Waals surface area contributed by atoms with Crippen molar-refractivity contribution in [3.05, 3.63) is 85.4 Å². The highest BCUT2D eigenvalue weighted by atomic mass is 79.9. The zero-order valence-corrected chi connectivity index (χ0v) is 23.7. The van der Waals surface area contributed by atoms with E-state index >= 15 is 0 Å². The van der Waals surface area contributed by atoms with Gasteiger partial charge in [-0.3, -0.25) is 9.59 Å². The van der Waals surface area contributed by atoms with Crippen molar-refractivity contribution < 1.29 is 23.5 Å². The molecule has 0 saturated carbocycles. The lowest BCUT2D eigenvalue weighted by Crippen LogP contribution is -2.17. The highest BCUT2D eigenvalue weighted by molar-refractivity contribution is 9.10. The average molecular weight is 618 g/mol. The van der Waals surface area contributed by atoms with Crippen molar-refractivity contribution in [2.75, 3.05) is 28.8 Å². The minimum absolute atomic E-state index is 0.106. The van der Waals surface area contributed by atoms with E-state index in [4.69, 9.17) is 4.74 Å². The van der Waals surface area contributed by atoms with E-state index in [0.717, 1.165) is 27.6 Å². The second kappa shape index (κ2) is 13.2. The van der Waals surface area contributed by atoms with Gasteiger partial charge in [0, 0.05) is 15.8 Å². The van der Waals surface area contributed by atoms with Gasteiger partial charge in [-0.15, -0.1) is 23.1 Å². The minimum Gasteiger partial charge on any atom is -0.462 e. The number of hydrogen-bond acceptors (Lipinski definition) is 8. The van der Waals surface area contributed by atoms with Crippen molar-refractivity contribution in [2.45, 2.75) is 13.8 Å². The Kier molecular flexibility index (Phi) is 10.1. The lowest BCUT2D eigenvalue weighted by Gasteiger charge is -2.12. The van der Waals surface area contributed by atoms with Gasteiger partial charge in [0.15, 0.2) is 0 Å². The molecule has 0 unspecified atom stereocenters. The first-order valence-electron chi connectivity index (χ1n) is 11.1. The number of ether oxygens (including phenoxy) is 1. The third-order valence-corrected chi connectivity index (χ3v) is 7.48. The molecular formula is C26H22BrFN4O4S2. The molecule has 0 radical (unpaired) electrons. The van der Waals surface area contributed by atoms with Crippen LogP contribution >= 0.6 is 39.0 Å². The second-order valence-corrected chi connectivity index (χ2v) is 10.3. The van der Waals surface area contributed by atoms with Gasteiger partial charge in [0.1, 0.15) is 22.5 Å². The Labute approximate surface area is 235 Å². The van der Waals surface area contributed by atoms with Crippen molar-refractivity contribution in [1.82, 2.24) is 0 Å². The number of carbonyl (C=O) groups is 3.